The third kappa shape index (κ3) is 4.46. The summed E-state index contributed by atoms with van der Waals surface area (Å²) in [5.41, 5.74) is 1.61. The van der Waals surface area contributed by atoms with E-state index in [-0.39, 0.29) is 12.5 Å². The normalized spacial score (nSPS) is 10.1. The molecule has 22 heavy (non-hydrogen) atoms. The molecule has 0 unspecified atom stereocenters. The highest BCUT2D eigenvalue weighted by Crippen LogP contribution is 2.30. The van der Waals surface area contributed by atoms with Gasteiger partial charge in [-0.25, -0.2) is 0 Å². The first-order valence-electron chi connectivity index (χ1n) is 6.87. The minimum Gasteiger partial charge on any atom is -0.493 e. The molecule has 1 aromatic carbocycles. The number of pyridine rings is 1. The van der Waals surface area contributed by atoms with Crippen LogP contribution in [0, 0.1) is 0 Å². The predicted octanol–water partition coefficient (Wildman–Crippen LogP) is 1.83. The minimum absolute atomic E-state index is 0.120. The lowest BCUT2D eigenvalue weighted by molar-refractivity contribution is -0.115. The molecular weight excluding hydrogens is 282 g/mol. The first-order chi connectivity index (χ1) is 10.7. The maximum Gasteiger partial charge on any atom is 0.238 e. The van der Waals surface area contributed by atoms with Crippen LogP contribution in [0.2, 0.25) is 0 Å². The predicted molar refractivity (Wildman–Crippen MR) is 84.1 cm³/mol. The van der Waals surface area contributed by atoms with Gasteiger partial charge in [-0.15, -0.1) is 0 Å². The number of carbonyl (C=O) groups excluding carboxylic acids is 1. The Morgan fingerprint density at radius 1 is 1.27 bits per heavy atom. The van der Waals surface area contributed by atoms with Crippen molar-refractivity contribution >= 4 is 11.6 Å². The van der Waals surface area contributed by atoms with Gasteiger partial charge in [-0.1, -0.05) is 6.07 Å². The molecule has 0 bridgehead atoms. The summed E-state index contributed by atoms with van der Waals surface area (Å²) in [4.78, 5) is 15.6. The molecule has 0 atom stereocenters. The summed E-state index contributed by atoms with van der Waals surface area (Å²) < 4.78 is 11.0. The van der Waals surface area contributed by atoms with E-state index in [1.807, 2.05) is 12.1 Å². The van der Waals surface area contributed by atoms with E-state index >= 15 is 0 Å². The lowest BCUT2D eigenvalue weighted by Gasteiger charge is -2.13. The van der Waals surface area contributed by atoms with Gasteiger partial charge in [0, 0.05) is 29.7 Å². The molecule has 1 heterocycles. The average molecular weight is 301 g/mol. The van der Waals surface area contributed by atoms with Gasteiger partial charge in [-0.2, -0.15) is 0 Å². The molecule has 1 aromatic heterocycles. The zero-order valence-corrected chi connectivity index (χ0v) is 12.6. The van der Waals surface area contributed by atoms with Gasteiger partial charge in [0.05, 0.1) is 13.7 Å². The van der Waals surface area contributed by atoms with Crippen LogP contribution >= 0.6 is 0 Å². The Morgan fingerprint density at radius 2 is 2.14 bits per heavy atom. The molecule has 0 aliphatic heterocycles. The number of nitrogens with one attached hydrogen (secondary N) is 2. The van der Waals surface area contributed by atoms with Crippen LogP contribution in [0.3, 0.4) is 0 Å². The van der Waals surface area contributed by atoms with E-state index in [2.05, 4.69) is 15.6 Å². The zero-order chi connectivity index (χ0) is 15.8. The minimum atomic E-state index is -0.120. The SMILES string of the molecule is CNCC(=O)Nc1ccc(OC)c(OCc2cccnc2)c1. The number of carbonyl (C=O) groups is 1. The molecule has 0 radical (unpaired) electrons. The van der Waals surface area contributed by atoms with Gasteiger partial charge in [-0.05, 0) is 25.2 Å². The van der Waals surface area contributed by atoms with Crippen LogP contribution in [-0.4, -0.2) is 31.6 Å². The Balaban J connectivity index is 2.09. The van der Waals surface area contributed by atoms with Crippen LogP contribution in [0.4, 0.5) is 5.69 Å². The molecule has 0 fully saturated rings. The number of amides is 1. The van der Waals surface area contributed by atoms with E-state index in [0.717, 1.165) is 5.56 Å². The fourth-order valence-corrected chi connectivity index (χ4v) is 1.88. The van der Waals surface area contributed by atoms with E-state index in [1.54, 1.807) is 44.8 Å². The van der Waals surface area contributed by atoms with Gasteiger partial charge in [0.1, 0.15) is 6.61 Å². The maximum absolute atomic E-state index is 11.6. The Kier molecular flexibility index (Phi) is 5.73. The first-order valence-corrected chi connectivity index (χ1v) is 6.87. The third-order valence-corrected chi connectivity index (χ3v) is 2.90. The monoisotopic (exact) mass is 301 g/mol. The average Bonchev–Trinajstić information content (AvgIpc) is 2.54. The number of rotatable bonds is 7. The molecule has 116 valence electrons. The second kappa shape index (κ2) is 7.99. The van der Waals surface area contributed by atoms with Crippen molar-refractivity contribution in [1.29, 1.82) is 0 Å². The van der Waals surface area contributed by atoms with E-state index in [9.17, 15) is 4.79 Å². The van der Waals surface area contributed by atoms with Crippen molar-refractivity contribution in [2.75, 3.05) is 26.0 Å². The molecule has 0 spiro atoms. The van der Waals surface area contributed by atoms with Crippen molar-refractivity contribution in [1.82, 2.24) is 10.3 Å². The number of benzene rings is 1. The summed E-state index contributed by atoms with van der Waals surface area (Å²) in [6.07, 6.45) is 3.45. The van der Waals surface area contributed by atoms with Crippen LogP contribution in [-0.2, 0) is 11.4 Å². The fraction of sp³-hybridized carbons (Fsp3) is 0.250. The maximum atomic E-state index is 11.6. The summed E-state index contributed by atoms with van der Waals surface area (Å²) >= 11 is 0. The molecule has 0 saturated carbocycles. The number of hydrogen-bond acceptors (Lipinski definition) is 5. The summed E-state index contributed by atoms with van der Waals surface area (Å²) in [6.45, 7) is 0.621. The number of ether oxygens (including phenoxy) is 2. The van der Waals surface area contributed by atoms with Crippen molar-refractivity contribution in [3.05, 3.63) is 48.3 Å². The van der Waals surface area contributed by atoms with Gasteiger partial charge in [0.15, 0.2) is 11.5 Å². The smallest absolute Gasteiger partial charge is 0.238 e. The zero-order valence-electron chi connectivity index (χ0n) is 12.6. The Labute approximate surface area is 129 Å². The fourth-order valence-electron chi connectivity index (χ4n) is 1.88. The van der Waals surface area contributed by atoms with Gasteiger partial charge in [0.2, 0.25) is 5.91 Å². The Bertz CT molecular complexity index is 617. The van der Waals surface area contributed by atoms with Gasteiger partial charge in [0.25, 0.3) is 0 Å². The second-order valence-electron chi connectivity index (χ2n) is 4.59. The largest absolute Gasteiger partial charge is 0.493 e. The number of hydrogen-bond donors (Lipinski definition) is 2. The summed E-state index contributed by atoms with van der Waals surface area (Å²) in [7, 11) is 3.29. The van der Waals surface area contributed by atoms with Gasteiger partial charge in [-0.3, -0.25) is 9.78 Å². The van der Waals surface area contributed by atoms with Gasteiger partial charge < -0.3 is 20.1 Å². The second-order valence-corrected chi connectivity index (χ2v) is 4.59. The van der Waals surface area contributed by atoms with Gasteiger partial charge >= 0.3 is 0 Å². The number of likely N-dealkylation sites (N-methyl/N-ethyl adjacent to an activating group) is 1. The highest BCUT2D eigenvalue weighted by atomic mass is 16.5. The molecule has 2 N–H and O–H groups in total. The lowest BCUT2D eigenvalue weighted by atomic mass is 10.2. The van der Waals surface area contributed by atoms with E-state index in [4.69, 9.17) is 9.47 Å². The number of nitrogens with zero attached hydrogens (tertiary/aromatic N) is 1. The van der Waals surface area contributed by atoms with Crippen LogP contribution in [0.5, 0.6) is 11.5 Å². The molecular formula is C16H19N3O3. The molecule has 0 saturated heterocycles. The Morgan fingerprint density at radius 3 is 2.82 bits per heavy atom. The molecule has 2 rings (SSSR count). The third-order valence-electron chi connectivity index (χ3n) is 2.90. The van der Waals surface area contributed by atoms with Crippen molar-refractivity contribution < 1.29 is 14.3 Å². The van der Waals surface area contributed by atoms with Crippen LogP contribution < -0.4 is 20.1 Å². The standard InChI is InChI=1S/C16H19N3O3/c1-17-10-16(20)19-13-5-6-14(21-2)15(8-13)22-11-12-4-3-7-18-9-12/h3-9,17H,10-11H2,1-2H3,(H,19,20). The summed E-state index contributed by atoms with van der Waals surface area (Å²) in [6, 6.07) is 9.04. The highest BCUT2D eigenvalue weighted by molar-refractivity contribution is 5.92. The van der Waals surface area contributed by atoms with Crippen molar-refractivity contribution in [3.8, 4) is 11.5 Å². The quantitative estimate of drug-likeness (QED) is 0.816. The van der Waals surface area contributed by atoms with Crippen molar-refractivity contribution in [2.24, 2.45) is 0 Å². The van der Waals surface area contributed by atoms with E-state index in [0.29, 0.717) is 23.8 Å². The van der Waals surface area contributed by atoms with E-state index in [1.165, 1.54) is 0 Å². The van der Waals surface area contributed by atoms with Crippen LogP contribution in [0.25, 0.3) is 0 Å². The number of anilines is 1. The summed E-state index contributed by atoms with van der Waals surface area (Å²) in [5, 5.41) is 5.58. The van der Waals surface area contributed by atoms with E-state index < -0.39 is 0 Å². The molecule has 0 aliphatic rings. The molecule has 1 amide bonds. The lowest BCUT2D eigenvalue weighted by Crippen LogP contribution is -2.25. The molecule has 2 aromatic rings. The molecule has 0 aliphatic carbocycles. The molecule has 6 heteroatoms. The first kappa shape index (κ1) is 15.8. The Hall–Kier alpha value is -2.60. The topological polar surface area (TPSA) is 72.5 Å². The van der Waals surface area contributed by atoms with Crippen LogP contribution in [0.1, 0.15) is 5.56 Å². The van der Waals surface area contributed by atoms with Crippen molar-refractivity contribution in [3.63, 3.8) is 0 Å². The summed E-state index contributed by atoms with van der Waals surface area (Å²) in [5.74, 6) is 1.05. The van der Waals surface area contributed by atoms with Crippen molar-refractivity contribution in [2.45, 2.75) is 6.61 Å². The number of aromatic nitrogens is 1. The highest BCUT2D eigenvalue weighted by Gasteiger charge is 2.08. The molecule has 6 nitrogen and oxygen atoms in total. The number of methoxy groups -OCH3 is 1. The van der Waals surface area contributed by atoms with Crippen LogP contribution in [0.15, 0.2) is 42.7 Å².